The lowest BCUT2D eigenvalue weighted by Gasteiger charge is -2.21. The molecule has 2 amide bonds. The molecule has 2 rings (SSSR count). The summed E-state index contributed by atoms with van der Waals surface area (Å²) in [6.07, 6.45) is 2.39. The fourth-order valence-electron chi connectivity index (χ4n) is 2.64. The molecule has 0 aromatic heterocycles. The van der Waals surface area contributed by atoms with Crippen molar-refractivity contribution in [1.29, 1.82) is 0 Å². The molecule has 6 nitrogen and oxygen atoms in total. The molecule has 1 unspecified atom stereocenters. The zero-order chi connectivity index (χ0) is 17.5. The van der Waals surface area contributed by atoms with Crippen LogP contribution in [0.2, 0.25) is 0 Å². The fraction of sp³-hybridized carbons (Fsp3) is 0.556. The van der Waals surface area contributed by atoms with Crippen molar-refractivity contribution in [2.75, 3.05) is 32.1 Å². The minimum Gasteiger partial charge on any atom is -0.495 e. The summed E-state index contributed by atoms with van der Waals surface area (Å²) in [5.74, 6) is 1.05. The molecule has 0 spiro atoms. The van der Waals surface area contributed by atoms with Gasteiger partial charge in [0.05, 0.1) is 25.9 Å². The summed E-state index contributed by atoms with van der Waals surface area (Å²) in [6, 6.07) is 7.48. The van der Waals surface area contributed by atoms with Crippen molar-refractivity contribution in [3.63, 3.8) is 0 Å². The summed E-state index contributed by atoms with van der Waals surface area (Å²) < 4.78 is 5.22. The van der Waals surface area contributed by atoms with E-state index < -0.39 is 0 Å². The first-order valence-electron chi connectivity index (χ1n) is 8.48. The molecule has 1 saturated carbocycles. The monoisotopic (exact) mass is 333 g/mol. The van der Waals surface area contributed by atoms with E-state index in [1.54, 1.807) is 19.2 Å². The fourth-order valence-corrected chi connectivity index (χ4v) is 2.64. The van der Waals surface area contributed by atoms with Crippen LogP contribution in [-0.2, 0) is 9.59 Å². The Morgan fingerprint density at radius 1 is 1.25 bits per heavy atom. The van der Waals surface area contributed by atoms with Crippen molar-refractivity contribution in [3.8, 4) is 5.75 Å². The van der Waals surface area contributed by atoms with Crippen LogP contribution in [-0.4, -0.2) is 49.5 Å². The largest absolute Gasteiger partial charge is 0.495 e. The van der Waals surface area contributed by atoms with Crippen LogP contribution in [0.25, 0.3) is 0 Å². The maximum Gasteiger partial charge on any atom is 0.238 e. The summed E-state index contributed by atoms with van der Waals surface area (Å²) in [7, 11) is 1.56. The highest BCUT2D eigenvalue weighted by Gasteiger charge is 2.29. The van der Waals surface area contributed by atoms with E-state index in [0.717, 1.165) is 0 Å². The van der Waals surface area contributed by atoms with Crippen molar-refractivity contribution in [1.82, 2.24) is 10.2 Å². The SMILES string of the molecule is CCN(CC(=O)Nc1ccccc1OC)CC(=O)NC(C)C1CC1. The lowest BCUT2D eigenvalue weighted by atomic mass is 10.2. The molecule has 1 aliphatic carbocycles. The first-order valence-corrected chi connectivity index (χ1v) is 8.48. The molecule has 132 valence electrons. The third kappa shape index (κ3) is 5.53. The normalized spacial score (nSPS) is 15.0. The maximum absolute atomic E-state index is 12.2. The second-order valence-electron chi connectivity index (χ2n) is 6.25. The molecule has 0 heterocycles. The van der Waals surface area contributed by atoms with Gasteiger partial charge in [-0.25, -0.2) is 0 Å². The van der Waals surface area contributed by atoms with Crippen LogP contribution in [0.3, 0.4) is 0 Å². The molecular weight excluding hydrogens is 306 g/mol. The van der Waals surface area contributed by atoms with Crippen molar-refractivity contribution in [3.05, 3.63) is 24.3 Å². The minimum absolute atomic E-state index is 0.0265. The van der Waals surface area contributed by atoms with Gasteiger partial charge in [-0.05, 0) is 44.4 Å². The van der Waals surface area contributed by atoms with Crippen molar-refractivity contribution in [2.24, 2.45) is 5.92 Å². The number of hydrogen-bond donors (Lipinski definition) is 2. The zero-order valence-corrected chi connectivity index (χ0v) is 14.7. The van der Waals surface area contributed by atoms with Crippen LogP contribution in [0.4, 0.5) is 5.69 Å². The van der Waals surface area contributed by atoms with Gasteiger partial charge in [-0.15, -0.1) is 0 Å². The molecule has 6 heteroatoms. The third-order valence-corrected chi connectivity index (χ3v) is 4.28. The van der Waals surface area contributed by atoms with Gasteiger partial charge in [-0.1, -0.05) is 19.1 Å². The quantitative estimate of drug-likeness (QED) is 0.724. The predicted molar refractivity (Wildman–Crippen MR) is 94.1 cm³/mol. The average Bonchev–Trinajstić information content (AvgIpc) is 3.39. The van der Waals surface area contributed by atoms with Crippen molar-refractivity contribution < 1.29 is 14.3 Å². The second-order valence-corrected chi connectivity index (χ2v) is 6.25. The Hall–Kier alpha value is -2.08. The van der Waals surface area contributed by atoms with Crippen LogP contribution in [0.5, 0.6) is 5.75 Å². The van der Waals surface area contributed by atoms with Gasteiger partial charge in [0.25, 0.3) is 0 Å². The molecule has 24 heavy (non-hydrogen) atoms. The molecule has 1 fully saturated rings. The second kappa shape index (κ2) is 8.68. The molecule has 1 atom stereocenters. The van der Waals surface area contributed by atoms with E-state index in [4.69, 9.17) is 4.74 Å². The molecule has 1 aliphatic rings. The van der Waals surface area contributed by atoms with Crippen LogP contribution in [0.1, 0.15) is 26.7 Å². The first-order chi connectivity index (χ1) is 11.5. The molecule has 1 aromatic rings. The van der Waals surface area contributed by atoms with Crippen LogP contribution < -0.4 is 15.4 Å². The number of nitrogens with zero attached hydrogens (tertiary/aromatic N) is 1. The molecule has 0 saturated heterocycles. The Morgan fingerprint density at radius 3 is 2.54 bits per heavy atom. The number of nitrogens with one attached hydrogen (secondary N) is 2. The van der Waals surface area contributed by atoms with Gasteiger partial charge >= 0.3 is 0 Å². The van der Waals surface area contributed by atoms with Gasteiger partial charge in [-0.3, -0.25) is 14.5 Å². The standard InChI is InChI=1S/C18H27N3O3/c1-4-21(11-17(22)19-13(2)14-9-10-14)12-18(23)20-15-7-5-6-8-16(15)24-3/h5-8,13-14H,4,9-12H2,1-3H3,(H,19,22)(H,20,23). The molecule has 2 N–H and O–H groups in total. The lowest BCUT2D eigenvalue weighted by Crippen LogP contribution is -2.44. The summed E-state index contributed by atoms with van der Waals surface area (Å²) in [5, 5.41) is 5.85. The number of para-hydroxylation sites is 2. The highest BCUT2D eigenvalue weighted by atomic mass is 16.5. The molecule has 0 radical (unpaired) electrons. The number of methoxy groups -OCH3 is 1. The summed E-state index contributed by atoms with van der Waals surface area (Å²) in [6.45, 7) is 5.01. The summed E-state index contributed by atoms with van der Waals surface area (Å²) in [4.78, 5) is 26.1. The van der Waals surface area contributed by atoms with Crippen molar-refractivity contribution >= 4 is 17.5 Å². The highest BCUT2D eigenvalue weighted by molar-refractivity contribution is 5.94. The lowest BCUT2D eigenvalue weighted by molar-refractivity contribution is -0.124. The Kier molecular flexibility index (Phi) is 6.61. The topological polar surface area (TPSA) is 70.7 Å². The van der Waals surface area contributed by atoms with E-state index in [1.165, 1.54) is 12.8 Å². The van der Waals surface area contributed by atoms with Gasteiger partial charge < -0.3 is 15.4 Å². The summed E-state index contributed by atoms with van der Waals surface area (Å²) in [5.41, 5.74) is 0.632. The van der Waals surface area contributed by atoms with E-state index >= 15 is 0 Å². The number of carbonyl (C=O) groups excluding carboxylic acids is 2. The van der Waals surface area contributed by atoms with Crippen LogP contribution in [0.15, 0.2) is 24.3 Å². The number of amides is 2. The third-order valence-electron chi connectivity index (χ3n) is 4.28. The van der Waals surface area contributed by atoms with Gasteiger partial charge in [0, 0.05) is 6.04 Å². The van der Waals surface area contributed by atoms with E-state index in [0.29, 0.717) is 23.9 Å². The van der Waals surface area contributed by atoms with E-state index in [9.17, 15) is 9.59 Å². The van der Waals surface area contributed by atoms with Crippen LogP contribution >= 0.6 is 0 Å². The Morgan fingerprint density at radius 2 is 1.92 bits per heavy atom. The zero-order valence-electron chi connectivity index (χ0n) is 14.7. The number of rotatable bonds is 9. The number of anilines is 1. The Balaban J connectivity index is 1.82. The smallest absolute Gasteiger partial charge is 0.238 e. The van der Waals surface area contributed by atoms with E-state index in [-0.39, 0.29) is 30.9 Å². The highest BCUT2D eigenvalue weighted by Crippen LogP contribution is 2.32. The Labute approximate surface area is 143 Å². The molecule has 0 bridgehead atoms. The molecular formula is C18H27N3O3. The first kappa shape index (κ1) is 18.3. The number of carbonyl (C=O) groups is 2. The predicted octanol–water partition coefficient (Wildman–Crippen LogP) is 1.87. The van der Waals surface area contributed by atoms with Gasteiger partial charge in [0.1, 0.15) is 5.75 Å². The number of likely N-dealkylation sites (N-methyl/N-ethyl adjacent to an activating group) is 1. The van der Waals surface area contributed by atoms with E-state index in [2.05, 4.69) is 10.6 Å². The minimum atomic E-state index is -0.163. The van der Waals surface area contributed by atoms with Crippen LogP contribution in [0, 0.1) is 5.92 Å². The van der Waals surface area contributed by atoms with Crippen molar-refractivity contribution in [2.45, 2.75) is 32.7 Å². The Bertz CT molecular complexity index is 572. The molecule has 1 aromatic carbocycles. The van der Waals surface area contributed by atoms with Gasteiger partial charge in [0.2, 0.25) is 11.8 Å². The number of ether oxygens (including phenoxy) is 1. The van der Waals surface area contributed by atoms with Gasteiger partial charge in [-0.2, -0.15) is 0 Å². The average molecular weight is 333 g/mol. The molecule has 0 aliphatic heterocycles. The number of benzene rings is 1. The number of hydrogen-bond acceptors (Lipinski definition) is 4. The van der Waals surface area contributed by atoms with E-state index in [1.807, 2.05) is 30.9 Å². The summed E-state index contributed by atoms with van der Waals surface area (Å²) >= 11 is 0. The maximum atomic E-state index is 12.2. The van der Waals surface area contributed by atoms with Gasteiger partial charge in [0.15, 0.2) is 0 Å².